The second-order valence-electron chi connectivity index (χ2n) is 6.17. The zero-order valence-corrected chi connectivity index (χ0v) is 16.3. The van der Waals surface area contributed by atoms with Crippen molar-refractivity contribution in [3.63, 3.8) is 0 Å². The monoisotopic (exact) mass is 396 g/mol. The van der Waals surface area contributed by atoms with Gasteiger partial charge in [-0.05, 0) is 48.9 Å². The highest BCUT2D eigenvalue weighted by molar-refractivity contribution is 7.91. The summed E-state index contributed by atoms with van der Waals surface area (Å²) in [4.78, 5) is 12.5. The Kier molecular flexibility index (Phi) is 5.80. The van der Waals surface area contributed by atoms with Gasteiger partial charge in [0.25, 0.3) is 0 Å². The molecule has 3 aromatic rings. The van der Waals surface area contributed by atoms with E-state index in [-0.39, 0.29) is 16.4 Å². The van der Waals surface area contributed by atoms with Gasteiger partial charge in [-0.15, -0.1) is 0 Å². The first kappa shape index (κ1) is 19.6. The zero-order valence-electron chi connectivity index (χ0n) is 15.5. The Morgan fingerprint density at radius 1 is 0.857 bits per heavy atom. The summed E-state index contributed by atoms with van der Waals surface area (Å²) in [7, 11) is -2.12. The Morgan fingerprint density at radius 3 is 2.07 bits per heavy atom. The summed E-state index contributed by atoms with van der Waals surface area (Å²) in [6, 6.07) is 21.6. The number of ether oxygens (including phenoxy) is 2. The molecule has 0 saturated heterocycles. The van der Waals surface area contributed by atoms with E-state index in [0.29, 0.717) is 11.1 Å². The summed E-state index contributed by atoms with van der Waals surface area (Å²) < 4.78 is 36.4. The molecule has 0 saturated carbocycles. The van der Waals surface area contributed by atoms with Crippen LogP contribution in [0.15, 0.2) is 83.8 Å². The van der Waals surface area contributed by atoms with Gasteiger partial charge in [-0.25, -0.2) is 13.2 Å². The minimum atomic E-state index is -3.56. The van der Waals surface area contributed by atoms with Crippen LogP contribution in [-0.2, 0) is 9.84 Å². The zero-order chi connectivity index (χ0) is 20.1. The predicted octanol–water partition coefficient (Wildman–Crippen LogP) is 4.45. The van der Waals surface area contributed by atoms with Crippen molar-refractivity contribution in [2.24, 2.45) is 0 Å². The molecular formula is C22H20O5S. The van der Waals surface area contributed by atoms with Gasteiger partial charge < -0.3 is 9.47 Å². The summed E-state index contributed by atoms with van der Waals surface area (Å²) in [6.07, 6.45) is 0. The summed E-state index contributed by atoms with van der Waals surface area (Å²) in [6.45, 7) is 1.62. The fourth-order valence-corrected chi connectivity index (χ4v) is 4.20. The summed E-state index contributed by atoms with van der Waals surface area (Å²) in [5, 5.41) is -0.789. The third kappa shape index (κ3) is 4.07. The Labute approximate surface area is 164 Å². The first-order valence-corrected chi connectivity index (χ1v) is 10.2. The lowest BCUT2D eigenvalue weighted by atomic mass is 10.1. The molecular weight excluding hydrogens is 376 g/mol. The average Bonchev–Trinajstić information content (AvgIpc) is 2.74. The van der Waals surface area contributed by atoms with Crippen LogP contribution in [0.3, 0.4) is 0 Å². The lowest BCUT2D eigenvalue weighted by Crippen LogP contribution is -2.12. The topological polar surface area (TPSA) is 69.7 Å². The highest BCUT2D eigenvalue weighted by atomic mass is 32.2. The highest BCUT2D eigenvalue weighted by Crippen LogP contribution is 2.35. The first-order valence-electron chi connectivity index (χ1n) is 8.67. The molecule has 0 heterocycles. The molecule has 0 radical (unpaired) electrons. The third-order valence-corrected chi connectivity index (χ3v) is 6.54. The Morgan fingerprint density at radius 2 is 1.46 bits per heavy atom. The van der Waals surface area contributed by atoms with Crippen LogP contribution in [0.2, 0.25) is 0 Å². The molecule has 0 spiro atoms. The van der Waals surface area contributed by atoms with Crippen LogP contribution >= 0.6 is 0 Å². The van der Waals surface area contributed by atoms with E-state index < -0.39 is 21.1 Å². The molecule has 1 atom stereocenters. The van der Waals surface area contributed by atoms with Crippen molar-refractivity contribution in [3.8, 4) is 11.5 Å². The smallest absolute Gasteiger partial charge is 0.343 e. The van der Waals surface area contributed by atoms with Crippen LogP contribution in [0.25, 0.3) is 0 Å². The summed E-state index contributed by atoms with van der Waals surface area (Å²) in [5.74, 6) is -0.00193. The fraction of sp³-hybridized carbons (Fsp3) is 0.136. The Balaban J connectivity index is 1.88. The Bertz CT molecular complexity index is 1060. The molecule has 3 rings (SSSR count). The van der Waals surface area contributed by atoms with Crippen LogP contribution in [0.4, 0.5) is 0 Å². The number of carbonyl (C=O) groups is 1. The van der Waals surface area contributed by atoms with Gasteiger partial charge in [-0.3, -0.25) is 0 Å². The van der Waals surface area contributed by atoms with E-state index in [4.69, 9.17) is 9.47 Å². The van der Waals surface area contributed by atoms with E-state index in [0.717, 1.165) is 0 Å². The molecule has 0 amide bonds. The summed E-state index contributed by atoms with van der Waals surface area (Å²) in [5.41, 5.74) is 0.953. The predicted molar refractivity (Wildman–Crippen MR) is 106 cm³/mol. The molecule has 0 aliphatic carbocycles. The van der Waals surface area contributed by atoms with E-state index >= 15 is 0 Å². The van der Waals surface area contributed by atoms with Crippen LogP contribution in [-0.4, -0.2) is 21.5 Å². The van der Waals surface area contributed by atoms with Crippen LogP contribution in [0.5, 0.6) is 11.5 Å². The van der Waals surface area contributed by atoms with Gasteiger partial charge in [-0.2, -0.15) is 0 Å². The third-order valence-electron chi connectivity index (χ3n) is 4.41. The normalized spacial score (nSPS) is 12.2. The number of hydrogen-bond acceptors (Lipinski definition) is 5. The molecule has 0 N–H and O–H groups in total. The van der Waals surface area contributed by atoms with Gasteiger partial charge in [-0.1, -0.05) is 42.5 Å². The quantitative estimate of drug-likeness (QED) is 0.455. The largest absolute Gasteiger partial charge is 0.493 e. The average molecular weight is 396 g/mol. The number of benzene rings is 3. The maximum absolute atomic E-state index is 12.9. The molecule has 0 aliphatic rings. The number of methoxy groups -OCH3 is 1. The SMILES string of the molecule is COc1cc(C(C)S(=O)(=O)c2ccccc2)ccc1OC(=O)c1ccccc1. The second kappa shape index (κ2) is 8.27. The molecule has 1 unspecified atom stereocenters. The number of hydrogen-bond donors (Lipinski definition) is 0. The maximum Gasteiger partial charge on any atom is 0.343 e. The van der Waals surface area contributed by atoms with Crippen molar-refractivity contribution in [2.45, 2.75) is 17.1 Å². The standard InChI is InChI=1S/C22H20O5S/c1-16(28(24,25)19-11-7-4-8-12-19)18-13-14-20(21(15-18)26-2)27-22(23)17-9-5-3-6-10-17/h3-16H,1-2H3. The number of sulfone groups is 1. The molecule has 28 heavy (non-hydrogen) atoms. The van der Waals surface area contributed by atoms with Gasteiger partial charge in [0.2, 0.25) is 0 Å². The van der Waals surface area contributed by atoms with E-state index in [1.807, 2.05) is 0 Å². The number of carbonyl (C=O) groups excluding carboxylic acids is 1. The van der Waals surface area contributed by atoms with Crippen molar-refractivity contribution in [1.82, 2.24) is 0 Å². The van der Waals surface area contributed by atoms with Crippen molar-refractivity contribution in [2.75, 3.05) is 7.11 Å². The fourth-order valence-electron chi connectivity index (χ4n) is 2.75. The van der Waals surface area contributed by atoms with Crippen LogP contribution in [0.1, 0.15) is 28.1 Å². The highest BCUT2D eigenvalue weighted by Gasteiger charge is 2.26. The van der Waals surface area contributed by atoms with Gasteiger partial charge in [0.1, 0.15) is 0 Å². The molecule has 144 valence electrons. The first-order chi connectivity index (χ1) is 13.4. The minimum absolute atomic E-state index is 0.226. The van der Waals surface area contributed by atoms with Crippen molar-refractivity contribution >= 4 is 15.8 Å². The molecule has 5 nitrogen and oxygen atoms in total. The van der Waals surface area contributed by atoms with Crippen LogP contribution < -0.4 is 9.47 Å². The summed E-state index contributed by atoms with van der Waals surface area (Å²) >= 11 is 0. The van der Waals surface area contributed by atoms with E-state index in [2.05, 4.69) is 0 Å². The minimum Gasteiger partial charge on any atom is -0.493 e. The molecule has 0 aromatic heterocycles. The lowest BCUT2D eigenvalue weighted by molar-refractivity contribution is 0.0729. The van der Waals surface area contributed by atoms with Gasteiger partial charge in [0.15, 0.2) is 21.3 Å². The molecule has 6 heteroatoms. The van der Waals surface area contributed by atoms with Crippen molar-refractivity contribution in [1.29, 1.82) is 0 Å². The molecule has 0 fully saturated rings. The van der Waals surface area contributed by atoms with E-state index in [1.54, 1.807) is 85.8 Å². The lowest BCUT2D eigenvalue weighted by Gasteiger charge is -2.16. The van der Waals surface area contributed by atoms with Crippen molar-refractivity contribution in [3.05, 3.63) is 90.0 Å². The number of rotatable bonds is 6. The molecule has 0 aliphatic heterocycles. The van der Waals surface area contributed by atoms with Gasteiger partial charge in [0, 0.05) is 0 Å². The number of esters is 1. The second-order valence-corrected chi connectivity index (χ2v) is 8.43. The van der Waals surface area contributed by atoms with E-state index in [9.17, 15) is 13.2 Å². The maximum atomic E-state index is 12.9. The Hall–Kier alpha value is -3.12. The van der Waals surface area contributed by atoms with Crippen LogP contribution in [0, 0.1) is 0 Å². The van der Waals surface area contributed by atoms with Gasteiger partial charge in [0.05, 0.1) is 22.8 Å². The molecule has 0 bridgehead atoms. The van der Waals surface area contributed by atoms with E-state index in [1.165, 1.54) is 7.11 Å². The molecule has 3 aromatic carbocycles. The van der Waals surface area contributed by atoms with Crippen molar-refractivity contribution < 1.29 is 22.7 Å². The van der Waals surface area contributed by atoms with Gasteiger partial charge >= 0.3 is 5.97 Å².